The largest absolute Gasteiger partial charge is 0.324 e. The number of carbonyl (C=O) groups excluding carboxylic acids is 3. The number of nitrogens with one attached hydrogen (secondary N) is 2. The Labute approximate surface area is 198 Å². The van der Waals surface area contributed by atoms with Crippen molar-refractivity contribution in [1.29, 1.82) is 0 Å². The zero-order valence-corrected chi connectivity index (χ0v) is 19.7. The Morgan fingerprint density at radius 1 is 0.848 bits per heavy atom. The number of hydrogen-bond acceptors (Lipinski definition) is 5. The third-order valence-electron chi connectivity index (χ3n) is 5.28. The Morgan fingerprint density at radius 3 is 2.15 bits per heavy atom. The molecule has 2 amide bonds. The predicted octanol–water partition coefficient (Wildman–Crippen LogP) is 4.54. The van der Waals surface area contributed by atoms with Gasteiger partial charge in [0.25, 0.3) is 0 Å². The fourth-order valence-electron chi connectivity index (χ4n) is 3.27. The molecule has 6 nitrogen and oxygen atoms in total. The molecule has 170 valence electrons. The zero-order valence-electron chi connectivity index (χ0n) is 18.9. The van der Waals surface area contributed by atoms with Crippen molar-refractivity contribution in [2.75, 3.05) is 30.5 Å². The zero-order chi connectivity index (χ0) is 23.8. The van der Waals surface area contributed by atoms with Crippen molar-refractivity contribution in [2.45, 2.75) is 17.9 Å². The van der Waals surface area contributed by atoms with Crippen molar-refractivity contribution in [2.24, 2.45) is 0 Å². The van der Waals surface area contributed by atoms with E-state index < -0.39 is 6.04 Å². The van der Waals surface area contributed by atoms with Gasteiger partial charge in [-0.05, 0) is 44.5 Å². The maximum absolute atomic E-state index is 12.9. The van der Waals surface area contributed by atoms with Gasteiger partial charge in [0.15, 0.2) is 5.78 Å². The van der Waals surface area contributed by atoms with Crippen LogP contribution < -0.4 is 10.6 Å². The van der Waals surface area contributed by atoms with Crippen molar-refractivity contribution in [1.82, 2.24) is 4.90 Å². The second-order valence-corrected chi connectivity index (χ2v) is 8.42. The van der Waals surface area contributed by atoms with Crippen LogP contribution in [0.5, 0.6) is 0 Å². The van der Waals surface area contributed by atoms with Crippen LogP contribution in [0.15, 0.2) is 83.8 Å². The summed E-state index contributed by atoms with van der Waals surface area (Å²) in [6.07, 6.45) is 1.95. The Balaban J connectivity index is 1.65. The van der Waals surface area contributed by atoms with E-state index in [0.717, 1.165) is 10.6 Å². The Morgan fingerprint density at radius 2 is 1.45 bits per heavy atom. The standard InChI is InChI=1S/C26H27N3O3S/c1-18(29(2)17-24(30)27-22-15-9-10-16-23(22)33-3)26(32)28-21-14-8-7-13-20(21)25(31)19-11-5-4-6-12-19/h4-16,18H,17H2,1-3H3,(H,27,30)(H,28,32)/t18-/m0/s1. The average Bonchev–Trinajstić information content (AvgIpc) is 2.84. The molecule has 0 radical (unpaired) electrons. The third-order valence-corrected chi connectivity index (χ3v) is 6.08. The maximum Gasteiger partial charge on any atom is 0.241 e. The van der Waals surface area contributed by atoms with Crippen LogP contribution >= 0.6 is 11.8 Å². The molecular formula is C26H27N3O3S. The SMILES string of the molecule is CSc1ccccc1NC(=O)CN(C)[C@@H](C)C(=O)Nc1ccccc1C(=O)c1ccccc1. The van der Waals surface area contributed by atoms with Crippen LogP contribution in [0.25, 0.3) is 0 Å². The van der Waals surface area contributed by atoms with Gasteiger partial charge in [-0.25, -0.2) is 0 Å². The molecule has 0 fully saturated rings. The summed E-state index contributed by atoms with van der Waals surface area (Å²) in [4.78, 5) is 41.0. The summed E-state index contributed by atoms with van der Waals surface area (Å²) in [5.74, 6) is -0.680. The summed E-state index contributed by atoms with van der Waals surface area (Å²) < 4.78 is 0. The highest BCUT2D eigenvalue weighted by Crippen LogP contribution is 2.24. The Hall–Kier alpha value is -3.42. The number of carbonyl (C=O) groups is 3. The number of amides is 2. The molecule has 0 aliphatic heterocycles. The minimum absolute atomic E-state index is 0.0435. The summed E-state index contributed by atoms with van der Waals surface area (Å²) in [5, 5.41) is 5.75. The molecule has 7 heteroatoms. The van der Waals surface area contributed by atoms with Crippen LogP contribution in [0.4, 0.5) is 11.4 Å². The molecule has 3 aromatic rings. The highest BCUT2D eigenvalue weighted by molar-refractivity contribution is 7.98. The molecule has 0 aromatic heterocycles. The van der Waals surface area contributed by atoms with E-state index >= 15 is 0 Å². The average molecular weight is 462 g/mol. The molecule has 0 saturated carbocycles. The molecule has 1 atom stereocenters. The van der Waals surface area contributed by atoms with Crippen LogP contribution in [0.1, 0.15) is 22.8 Å². The van der Waals surface area contributed by atoms with Crippen molar-refractivity contribution in [3.63, 3.8) is 0 Å². The minimum atomic E-state index is -0.591. The van der Waals surface area contributed by atoms with E-state index in [1.54, 1.807) is 79.2 Å². The lowest BCUT2D eigenvalue weighted by Gasteiger charge is -2.24. The van der Waals surface area contributed by atoms with Crippen molar-refractivity contribution >= 4 is 40.7 Å². The van der Waals surface area contributed by atoms with E-state index in [1.165, 1.54) is 0 Å². The van der Waals surface area contributed by atoms with Gasteiger partial charge in [0, 0.05) is 16.0 Å². The second-order valence-electron chi connectivity index (χ2n) is 7.57. The van der Waals surface area contributed by atoms with Crippen molar-refractivity contribution < 1.29 is 14.4 Å². The molecule has 0 unspecified atom stereocenters. The summed E-state index contributed by atoms with van der Waals surface area (Å²) in [6, 6.07) is 22.8. The fraction of sp³-hybridized carbons (Fsp3) is 0.192. The molecule has 2 N–H and O–H groups in total. The normalized spacial score (nSPS) is 11.6. The molecule has 0 heterocycles. The monoisotopic (exact) mass is 461 g/mol. The van der Waals surface area contributed by atoms with E-state index in [2.05, 4.69) is 10.6 Å². The molecule has 0 spiro atoms. The number of hydrogen-bond donors (Lipinski definition) is 2. The molecular weight excluding hydrogens is 434 g/mol. The number of rotatable bonds is 9. The molecule has 0 bridgehead atoms. The number of benzene rings is 3. The van der Waals surface area contributed by atoms with Crippen molar-refractivity contribution in [3.8, 4) is 0 Å². The van der Waals surface area contributed by atoms with Gasteiger partial charge in [-0.1, -0.05) is 54.6 Å². The first kappa shape index (κ1) is 24.2. The number of thioether (sulfide) groups is 1. The van der Waals surface area contributed by atoms with E-state index in [4.69, 9.17) is 0 Å². The smallest absolute Gasteiger partial charge is 0.241 e. The summed E-state index contributed by atoms with van der Waals surface area (Å²) in [6.45, 7) is 1.77. The maximum atomic E-state index is 12.9. The first-order chi connectivity index (χ1) is 15.9. The fourth-order valence-corrected chi connectivity index (χ4v) is 3.83. The number of para-hydroxylation sites is 2. The van der Waals surface area contributed by atoms with Gasteiger partial charge in [-0.3, -0.25) is 19.3 Å². The summed E-state index contributed by atoms with van der Waals surface area (Å²) >= 11 is 1.55. The van der Waals surface area contributed by atoms with Gasteiger partial charge in [-0.15, -0.1) is 11.8 Å². The van der Waals surface area contributed by atoms with Gasteiger partial charge >= 0.3 is 0 Å². The number of nitrogens with zero attached hydrogens (tertiary/aromatic N) is 1. The number of likely N-dealkylation sites (N-methyl/N-ethyl adjacent to an activating group) is 1. The van der Waals surface area contributed by atoms with E-state index in [1.807, 2.05) is 36.6 Å². The van der Waals surface area contributed by atoms with Gasteiger partial charge in [0.1, 0.15) is 0 Å². The summed E-state index contributed by atoms with van der Waals surface area (Å²) in [7, 11) is 1.71. The van der Waals surface area contributed by atoms with Gasteiger partial charge in [0.2, 0.25) is 11.8 Å². The molecule has 33 heavy (non-hydrogen) atoms. The highest BCUT2D eigenvalue weighted by Gasteiger charge is 2.22. The quantitative estimate of drug-likeness (QED) is 0.361. The van der Waals surface area contributed by atoms with Crippen LogP contribution in [0.3, 0.4) is 0 Å². The van der Waals surface area contributed by atoms with E-state index in [9.17, 15) is 14.4 Å². The second kappa shape index (κ2) is 11.4. The Bertz CT molecular complexity index is 1130. The van der Waals surface area contributed by atoms with Gasteiger partial charge in [0.05, 0.1) is 24.0 Å². The van der Waals surface area contributed by atoms with Crippen LogP contribution in [-0.4, -0.2) is 48.4 Å². The molecule has 3 rings (SSSR count). The summed E-state index contributed by atoms with van der Waals surface area (Å²) in [5.41, 5.74) is 2.15. The van der Waals surface area contributed by atoms with Crippen LogP contribution in [-0.2, 0) is 9.59 Å². The first-order valence-electron chi connectivity index (χ1n) is 10.5. The lowest BCUT2D eigenvalue weighted by atomic mass is 10.0. The van der Waals surface area contributed by atoms with E-state index in [-0.39, 0.29) is 24.1 Å². The predicted molar refractivity (Wildman–Crippen MR) is 134 cm³/mol. The topological polar surface area (TPSA) is 78.5 Å². The molecule has 0 aliphatic rings. The van der Waals surface area contributed by atoms with Gasteiger partial charge in [-0.2, -0.15) is 0 Å². The van der Waals surface area contributed by atoms with Crippen molar-refractivity contribution in [3.05, 3.63) is 90.0 Å². The molecule has 0 saturated heterocycles. The lowest BCUT2D eigenvalue weighted by Crippen LogP contribution is -2.43. The minimum Gasteiger partial charge on any atom is -0.324 e. The Kier molecular flexibility index (Phi) is 8.40. The number of ketones is 1. The number of anilines is 2. The van der Waals surface area contributed by atoms with E-state index in [0.29, 0.717) is 16.8 Å². The van der Waals surface area contributed by atoms with Crippen LogP contribution in [0, 0.1) is 0 Å². The molecule has 3 aromatic carbocycles. The lowest BCUT2D eigenvalue weighted by molar-refractivity contribution is -0.122. The third kappa shape index (κ3) is 6.31. The highest BCUT2D eigenvalue weighted by atomic mass is 32.2. The molecule has 0 aliphatic carbocycles. The van der Waals surface area contributed by atoms with Crippen LogP contribution in [0.2, 0.25) is 0 Å². The first-order valence-corrected chi connectivity index (χ1v) is 11.8. The van der Waals surface area contributed by atoms with Gasteiger partial charge < -0.3 is 10.6 Å².